The van der Waals surface area contributed by atoms with Gasteiger partial charge in [-0.3, -0.25) is 0 Å². The molecule has 13 heteroatoms. The monoisotopic (exact) mass is 956 g/mol. The van der Waals surface area contributed by atoms with Gasteiger partial charge in [0.1, 0.15) is 34.7 Å². The van der Waals surface area contributed by atoms with Crippen molar-refractivity contribution in [2.24, 2.45) is 0 Å². The minimum absolute atomic E-state index is 0.0786. The Bertz CT molecular complexity index is 2940. The maximum atomic E-state index is 13.7. The molecule has 10 rings (SSSR count). The van der Waals surface area contributed by atoms with Crippen molar-refractivity contribution in [2.45, 2.75) is 82.9 Å². The number of anilines is 2. The Labute approximate surface area is 414 Å². The molecule has 6 heterocycles. The van der Waals surface area contributed by atoms with Crippen molar-refractivity contribution < 1.29 is 22.7 Å². The number of hydrogen-bond acceptors (Lipinski definition) is 11. The predicted octanol–water partition coefficient (Wildman–Crippen LogP) is 12.8. The van der Waals surface area contributed by atoms with Crippen LogP contribution >= 0.6 is 0 Å². The smallest absolute Gasteiger partial charge is 0.198 e. The molecule has 8 aromatic rings. The van der Waals surface area contributed by atoms with Gasteiger partial charge in [-0.05, 0) is 163 Å². The standard InChI is InChI=1S/C31H35FN4O2.C27H27FN4O/c1-21(22-7-5-4-6-8-22)34-27-19-25(13-16-33-27)29-28(23-9-11-26(32)12-10-23)35-30(38-29)24-14-17-36(18-15-24)20-31(2,3)37;1-18(19-5-3-2-4-6-19)31-24-17-22(13-16-30-24)26-25(20-7-9-23(28)10-8-20)32-27(33-26)21-11-14-29-15-12-21/h4-13,16,19,21,24,37H,14-15,17-18,20H2,1-3H3,(H,33,34);2-10,13,16-18,21,29H,11-12,14-15H2,1H3,(H,30,31)/t21-;18-/m00/s1. The fourth-order valence-electron chi connectivity index (χ4n) is 9.37. The van der Waals surface area contributed by atoms with Crippen LogP contribution < -0.4 is 16.0 Å². The molecule has 4 N–H and O–H groups in total. The molecule has 0 saturated carbocycles. The molecule has 71 heavy (non-hydrogen) atoms. The van der Waals surface area contributed by atoms with Crippen LogP contribution in [0.5, 0.6) is 0 Å². The molecular formula is C58H62F2N8O3. The van der Waals surface area contributed by atoms with Gasteiger partial charge in [0.25, 0.3) is 0 Å². The van der Waals surface area contributed by atoms with E-state index in [-0.39, 0.29) is 35.6 Å². The molecule has 366 valence electrons. The van der Waals surface area contributed by atoms with Gasteiger partial charge in [-0.25, -0.2) is 28.7 Å². The Morgan fingerprint density at radius 1 is 0.606 bits per heavy atom. The Morgan fingerprint density at radius 2 is 1.03 bits per heavy atom. The van der Waals surface area contributed by atoms with Crippen molar-refractivity contribution in [1.29, 1.82) is 0 Å². The molecule has 0 bridgehead atoms. The number of hydrogen-bond donors (Lipinski definition) is 4. The van der Waals surface area contributed by atoms with Crippen LogP contribution in [0.3, 0.4) is 0 Å². The quantitative estimate of drug-likeness (QED) is 0.0829. The molecule has 4 aromatic heterocycles. The number of pyridine rings is 2. The first-order valence-electron chi connectivity index (χ1n) is 24.7. The van der Waals surface area contributed by atoms with Gasteiger partial charge in [0.2, 0.25) is 0 Å². The van der Waals surface area contributed by atoms with Gasteiger partial charge in [0.15, 0.2) is 23.3 Å². The van der Waals surface area contributed by atoms with E-state index in [9.17, 15) is 13.9 Å². The van der Waals surface area contributed by atoms with Gasteiger partial charge in [0.05, 0.1) is 5.60 Å². The van der Waals surface area contributed by atoms with E-state index in [2.05, 4.69) is 68.9 Å². The predicted molar refractivity (Wildman–Crippen MR) is 277 cm³/mol. The fraction of sp³-hybridized carbons (Fsp3) is 0.310. The molecule has 2 aliphatic heterocycles. The molecule has 2 atom stereocenters. The van der Waals surface area contributed by atoms with E-state index in [1.807, 2.05) is 74.5 Å². The Balaban J connectivity index is 0.000000177. The number of aromatic nitrogens is 4. The highest BCUT2D eigenvalue weighted by atomic mass is 19.1. The highest BCUT2D eigenvalue weighted by Crippen LogP contribution is 2.40. The number of aliphatic hydroxyl groups is 1. The molecular weight excluding hydrogens is 895 g/mol. The SMILES string of the molecule is C[C@H](Nc1cc(-c2oc(C3CCN(CC(C)(C)O)CC3)nc2-c2ccc(F)cc2)ccn1)c1ccccc1.C[C@H](Nc1cc(-c2oc(C3CCNCC3)nc2-c2ccc(F)cc2)ccn1)c1ccccc1. The summed E-state index contributed by atoms with van der Waals surface area (Å²) in [7, 11) is 0. The van der Waals surface area contributed by atoms with E-state index in [0.29, 0.717) is 29.6 Å². The second-order valence-corrected chi connectivity index (χ2v) is 19.3. The lowest BCUT2D eigenvalue weighted by molar-refractivity contribution is 0.0273. The van der Waals surface area contributed by atoms with Crippen LogP contribution in [0.1, 0.15) is 100 Å². The summed E-state index contributed by atoms with van der Waals surface area (Å²) in [5.74, 6) is 4.18. The largest absolute Gasteiger partial charge is 0.440 e. The maximum Gasteiger partial charge on any atom is 0.198 e. The lowest BCUT2D eigenvalue weighted by Crippen LogP contribution is -2.42. The summed E-state index contributed by atoms with van der Waals surface area (Å²) in [5, 5.41) is 20.5. The zero-order chi connectivity index (χ0) is 49.3. The van der Waals surface area contributed by atoms with Crippen molar-refractivity contribution in [1.82, 2.24) is 30.2 Å². The lowest BCUT2D eigenvalue weighted by atomic mass is 9.95. The molecule has 2 aliphatic rings. The van der Waals surface area contributed by atoms with Crippen LogP contribution in [0, 0.1) is 11.6 Å². The van der Waals surface area contributed by atoms with E-state index in [1.54, 1.807) is 36.7 Å². The topological polar surface area (TPSA) is 137 Å². The minimum Gasteiger partial charge on any atom is -0.440 e. The average molecular weight is 957 g/mol. The number of benzene rings is 4. The van der Waals surface area contributed by atoms with Gasteiger partial charge in [0, 0.05) is 65.1 Å². The summed E-state index contributed by atoms with van der Waals surface area (Å²) in [4.78, 5) is 21.2. The molecule has 0 radical (unpaired) electrons. The zero-order valence-electron chi connectivity index (χ0n) is 40.8. The first-order chi connectivity index (χ1) is 34.4. The number of nitrogens with one attached hydrogen (secondary N) is 3. The summed E-state index contributed by atoms with van der Waals surface area (Å²) in [6.45, 7) is 12.2. The van der Waals surface area contributed by atoms with Crippen LogP contribution in [0.25, 0.3) is 45.2 Å². The van der Waals surface area contributed by atoms with Crippen LogP contribution in [0.2, 0.25) is 0 Å². The van der Waals surface area contributed by atoms with Gasteiger partial charge in [-0.2, -0.15) is 0 Å². The van der Waals surface area contributed by atoms with Gasteiger partial charge >= 0.3 is 0 Å². The fourth-order valence-corrected chi connectivity index (χ4v) is 9.37. The molecule has 2 fully saturated rings. The maximum absolute atomic E-state index is 13.7. The number of halogens is 2. The van der Waals surface area contributed by atoms with E-state index in [0.717, 1.165) is 97.3 Å². The highest BCUT2D eigenvalue weighted by molar-refractivity contribution is 5.79. The van der Waals surface area contributed by atoms with Crippen molar-refractivity contribution in [3.05, 3.63) is 180 Å². The molecule has 0 spiro atoms. The summed E-state index contributed by atoms with van der Waals surface area (Å²) < 4.78 is 40.1. The summed E-state index contributed by atoms with van der Waals surface area (Å²) in [5.41, 5.74) is 6.46. The average Bonchev–Trinajstić information content (AvgIpc) is 4.05. The number of β-amino-alcohol motifs (C(OH)–C–C–N with tert-alkyl or cyclic N) is 1. The first-order valence-corrected chi connectivity index (χ1v) is 24.7. The molecule has 4 aromatic carbocycles. The Kier molecular flexibility index (Phi) is 15.4. The van der Waals surface area contributed by atoms with Gasteiger partial charge in [-0.1, -0.05) is 60.7 Å². The van der Waals surface area contributed by atoms with Gasteiger partial charge < -0.3 is 34.8 Å². The minimum atomic E-state index is -0.718. The number of nitrogens with zero attached hydrogens (tertiary/aromatic N) is 5. The number of likely N-dealkylation sites (tertiary alicyclic amines) is 1. The second kappa shape index (κ2) is 22.4. The first kappa shape index (κ1) is 48.9. The summed E-state index contributed by atoms with van der Waals surface area (Å²) in [6.07, 6.45) is 7.31. The molecule has 0 unspecified atom stereocenters. The third kappa shape index (κ3) is 12.6. The van der Waals surface area contributed by atoms with Crippen LogP contribution in [0.4, 0.5) is 20.4 Å². The van der Waals surface area contributed by atoms with E-state index in [1.165, 1.54) is 35.4 Å². The van der Waals surface area contributed by atoms with Gasteiger partial charge in [-0.15, -0.1) is 0 Å². The molecule has 11 nitrogen and oxygen atoms in total. The van der Waals surface area contributed by atoms with E-state index in [4.69, 9.17) is 18.8 Å². The Morgan fingerprint density at radius 3 is 1.45 bits per heavy atom. The summed E-state index contributed by atoms with van der Waals surface area (Å²) >= 11 is 0. The third-order valence-electron chi connectivity index (χ3n) is 13.1. The van der Waals surface area contributed by atoms with E-state index < -0.39 is 5.60 Å². The Hall–Kier alpha value is -7.06. The highest BCUT2D eigenvalue weighted by Gasteiger charge is 2.30. The normalized spacial score (nSPS) is 15.6. The van der Waals surface area contributed by atoms with Crippen molar-refractivity contribution >= 4 is 11.6 Å². The molecule has 2 saturated heterocycles. The lowest BCUT2D eigenvalue weighted by Gasteiger charge is -2.34. The van der Waals surface area contributed by atoms with Crippen LogP contribution in [0.15, 0.2) is 155 Å². The van der Waals surface area contributed by atoms with Crippen LogP contribution in [-0.4, -0.2) is 68.3 Å². The second-order valence-electron chi connectivity index (χ2n) is 19.3. The molecule has 0 amide bonds. The number of oxazole rings is 2. The summed E-state index contributed by atoms with van der Waals surface area (Å²) in [6, 6.07) is 41.3. The van der Waals surface area contributed by atoms with Crippen LogP contribution in [-0.2, 0) is 0 Å². The van der Waals surface area contributed by atoms with Crippen molar-refractivity contribution in [3.63, 3.8) is 0 Å². The van der Waals surface area contributed by atoms with Crippen molar-refractivity contribution in [3.8, 4) is 45.2 Å². The van der Waals surface area contributed by atoms with Crippen molar-refractivity contribution in [2.75, 3.05) is 43.4 Å². The third-order valence-corrected chi connectivity index (χ3v) is 13.1. The molecule has 0 aliphatic carbocycles. The van der Waals surface area contributed by atoms with E-state index >= 15 is 0 Å². The number of rotatable bonds is 14. The number of piperidine rings is 2. The zero-order valence-corrected chi connectivity index (χ0v) is 40.8.